The summed E-state index contributed by atoms with van der Waals surface area (Å²) in [5.41, 5.74) is 9.41. The molecule has 1 aliphatic rings. The van der Waals surface area contributed by atoms with Gasteiger partial charge in [0.2, 0.25) is 6.41 Å². The maximum atomic E-state index is 8.58. The monoisotopic (exact) mass is 403 g/mol. The van der Waals surface area contributed by atoms with Crippen molar-refractivity contribution in [1.82, 2.24) is 5.16 Å². The van der Waals surface area contributed by atoms with Crippen molar-refractivity contribution in [2.75, 3.05) is 0 Å². The fourth-order valence-electron chi connectivity index (χ4n) is 2.80. The molecule has 1 aromatic carbocycles. The molecule has 0 radical (unpaired) electrons. The van der Waals surface area contributed by atoms with Crippen molar-refractivity contribution in [3.8, 4) is 11.1 Å². The summed E-state index contributed by atoms with van der Waals surface area (Å²) >= 11 is 7.76. The summed E-state index contributed by atoms with van der Waals surface area (Å²) in [5, 5.41) is 4.83. The van der Waals surface area contributed by atoms with Gasteiger partial charge in [-0.25, -0.2) is 0 Å². The van der Waals surface area contributed by atoms with Gasteiger partial charge in [-0.1, -0.05) is 42.7 Å². The number of aryl methyl sites for hydroxylation is 2. The van der Waals surface area contributed by atoms with Crippen LogP contribution in [0.3, 0.4) is 0 Å². The Hall–Kier alpha value is -2.44. The van der Waals surface area contributed by atoms with E-state index in [1.807, 2.05) is 45.0 Å². The molecule has 0 bridgehead atoms. The number of aromatic nitrogens is 1. The largest absolute Gasteiger partial charge is 0.372 e. The first kappa shape index (κ1) is 20.9. The summed E-state index contributed by atoms with van der Waals surface area (Å²) < 4.78 is 5.46. The zero-order valence-corrected chi connectivity index (χ0v) is 17.3. The maximum Gasteiger partial charge on any atom is 0.204 e. The molecule has 0 saturated carbocycles. The number of hydrogen-bond acceptors (Lipinski definition) is 5. The lowest BCUT2D eigenvalue weighted by atomic mass is 10.0. The molecule has 1 amide bonds. The van der Waals surface area contributed by atoms with Crippen LogP contribution in [0.25, 0.3) is 11.1 Å². The van der Waals surface area contributed by atoms with E-state index >= 15 is 0 Å². The van der Waals surface area contributed by atoms with E-state index in [2.05, 4.69) is 23.9 Å². The number of rotatable bonds is 1. The molecule has 0 fully saturated rings. The standard InChI is InChI=1S/C17H13ClN2OS.C2H6.CH3NO/c1-9-7-13-15-10(2)20-21-14(15)8-19-16(17(13)22-9)11-3-5-12(18)6-4-11;1-2;2-1-3/h3-7H,8H2,1-2H3;1-2H3;1H,(H2,2,3). The number of carbonyl (C=O) groups excluding carboxylic acids is 1. The van der Waals surface area contributed by atoms with Gasteiger partial charge in [0, 0.05) is 21.0 Å². The molecule has 0 spiro atoms. The molecule has 142 valence electrons. The van der Waals surface area contributed by atoms with E-state index in [4.69, 9.17) is 25.9 Å². The molecule has 1 aliphatic heterocycles. The number of hydrogen-bond donors (Lipinski definition) is 1. The summed E-state index contributed by atoms with van der Waals surface area (Å²) in [5.74, 6) is 0.834. The minimum atomic E-state index is 0.250. The topological polar surface area (TPSA) is 81.5 Å². The molecule has 4 rings (SSSR count). The average molecular weight is 404 g/mol. The summed E-state index contributed by atoms with van der Waals surface area (Å²) in [6, 6.07) is 10.0. The molecule has 27 heavy (non-hydrogen) atoms. The van der Waals surface area contributed by atoms with Crippen molar-refractivity contribution < 1.29 is 9.32 Å². The number of carbonyl (C=O) groups is 1. The van der Waals surface area contributed by atoms with E-state index in [1.54, 1.807) is 11.3 Å². The number of benzene rings is 1. The summed E-state index contributed by atoms with van der Waals surface area (Å²) in [6.07, 6.45) is 0.250. The molecule has 3 heterocycles. The Morgan fingerprint density at radius 2 is 1.85 bits per heavy atom. The number of primary amides is 1. The SMILES string of the molecule is CC.Cc1cc2c(s1)C(c1ccc(Cl)cc1)=NCc1onc(C)c1-2.NC=O. The summed E-state index contributed by atoms with van der Waals surface area (Å²) in [4.78, 5) is 15.8. The van der Waals surface area contributed by atoms with Crippen molar-refractivity contribution >= 4 is 35.1 Å². The smallest absolute Gasteiger partial charge is 0.204 e. The lowest BCUT2D eigenvalue weighted by molar-refractivity contribution is -0.106. The third-order valence-electron chi connectivity index (χ3n) is 3.77. The van der Waals surface area contributed by atoms with Crippen LogP contribution in [-0.2, 0) is 11.3 Å². The van der Waals surface area contributed by atoms with E-state index < -0.39 is 0 Å². The second-order valence-corrected chi connectivity index (χ2v) is 7.17. The molecule has 2 aromatic heterocycles. The molecular formula is C20H22ClN3O2S. The molecule has 0 atom stereocenters. The summed E-state index contributed by atoms with van der Waals surface area (Å²) in [7, 11) is 0. The zero-order chi connectivity index (χ0) is 20.0. The minimum absolute atomic E-state index is 0.250. The molecule has 5 nitrogen and oxygen atoms in total. The molecule has 7 heteroatoms. The van der Waals surface area contributed by atoms with Crippen LogP contribution < -0.4 is 5.73 Å². The van der Waals surface area contributed by atoms with Crippen LogP contribution in [0.2, 0.25) is 5.02 Å². The highest BCUT2D eigenvalue weighted by atomic mass is 35.5. The van der Waals surface area contributed by atoms with Crippen molar-refractivity contribution in [2.45, 2.75) is 34.2 Å². The van der Waals surface area contributed by atoms with Gasteiger partial charge in [-0.2, -0.15) is 0 Å². The first-order valence-corrected chi connectivity index (χ1v) is 9.76. The van der Waals surface area contributed by atoms with Crippen molar-refractivity contribution in [3.05, 3.63) is 62.1 Å². The van der Waals surface area contributed by atoms with Crippen molar-refractivity contribution in [2.24, 2.45) is 10.7 Å². The van der Waals surface area contributed by atoms with Gasteiger partial charge in [0.25, 0.3) is 0 Å². The van der Waals surface area contributed by atoms with E-state index in [1.165, 1.54) is 15.3 Å². The lowest BCUT2D eigenvalue weighted by Crippen LogP contribution is -2.01. The number of fused-ring (bicyclic) bond motifs is 3. The molecule has 0 unspecified atom stereocenters. The van der Waals surface area contributed by atoms with E-state index in [0.717, 1.165) is 33.3 Å². The molecule has 2 N–H and O–H groups in total. The highest BCUT2D eigenvalue weighted by Gasteiger charge is 2.25. The molecular weight excluding hydrogens is 382 g/mol. The minimum Gasteiger partial charge on any atom is -0.372 e. The number of thiophene rings is 1. The fraction of sp³-hybridized carbons (Fsp3) is 0.250. The highest BCUT2D eigenvalue weighted by molar-refractivity contribution is 7.14. The van der Waals surface area contributed by atoms with Gasteiger partial charge in [-0.05, 0) is 32.0 Å². The quantitative estimate of drug-likeness (QED) is 0.570. The van der Waals surface area contributed by atoms with Gasteiger partial charge < -0.3 is 10.3 Å². The zero-order valence-electron chi connectivity index (χ0n) is 15.7. The Kier molecular flexibility index (Phi) is 7.33. The van der Waals surface area contributed by atoms with E-state index in [9.17, 15) is 0 Å². The molecule has 3 aromatic rings. The third kappa shape index (κ3) is 4.46. The van der Waals surface area contributed by atoms with Gasteiger partial charge >= 0.3 is 0 Å². The van der Waals surface area contributed by atoms with E-state index in [-0.39, 0.29) is 6.41 Å². The van der Waals surface area contributed by atoms with Crippen LogP contribution in [0.5, 0.6) is 0 Å². The van der Waals surface area contributed by atoms with Crippen molar-refractivity contribution in [1.29, 1.82) is 0 Å². The Balaban J connectivity index is 0.000000478. The first-order valence-electron chi connectivity index (χ1n) is 8.57. The van der Waals surface area contributed by atoms with Gasteiger partial charge in [-0.15, -0.1) is 11.3 Å². The maximum absolute atomic E-state index is 8.58. The van der Waals surface area contributed by atoms with Crippen LogP contribution in [0.1, 0.15) is 40.6 Å². The second-order valence-electron chi connectivity index (χ2n) is 5.47. The predicted octanol–water partition coefficient (Wildman–Crippen LogP) is 5.15. The Bertz CT molecular complexity index is 943. The average Bonchev–Trinajstić information content (AvgIpc) is 3.17. The second kappa shape index (κ2) is 9.48. The van der Waals surface area contributed by atoms with Gasteiger partial charge in [-0.3, -0.25) is 9.79 Å². The molecule has 0 aliphatic carbocycles. The number of aliphatic imine (C=N–C) groups is 1. The Morgan fingerprint density at radius 1 is 1.22 bits per heavy atom. The number of amides is 1. The first-order chi connectivity index (χ1) is 13.0. The lowest BCUT2D eigenvalue weighted by Gasteiger charge is -2.05. The molecule has 0 saturated heterocycles. The predicted molar refractivity (Wildman–Crippen MR) is 112 cm³/mol. The summed E-state index contributed by atoms with van der Waals surface area (Å²) in [6.45, 7) is 8.60. The Labute approximate surface area is 167 Å². The van der Waals surface area contributed by atoms with Crippen LogP contribution in [0.15, 0.2) is 39.8 Å². The van der Waals surface area contributed by atoms with Crippen molar-refractivity contribution in [3.63, 3.8) is 0 Å². The van der Waals surface area contributed by atoms with Crippen LogP contribution in [0.4, 0.5) is 0 Å². The Morgan fingerprint density at radius 3 is 2.48 bits per heavy atom. The normalized spacial score (nSPS) is 11.5. The van der Waals surface area contributed by atoms with Gasteiger partial charge in [0.15, 0.2) is 5.76 Å². The number of nitrogens with two attached hydrogens (primary N) is 1. The van der Waals surface area contributed by atoms with E-state index in [0.29, 0.717) is 6.54 Å². The number of nitrogens with zero attached hydrogens (tertiary/aromatic N) is 2. The van der Waals surface area contributed by atoms with Gasteiger partial charge in [0.05, 0.1) is 21.8 Å². The van der Waals surface area contributed by atoms with Gasteiger partial charge in [0.1, 0.15) is 6.54 Å². The third-order valence-corrected chi connectivity index (χ3v) is 5.08. The van der Waals surface area contributed by atoms with Crippen LogP contribution in [-0.4, -0.2) is 17.3 Å². The highest BCUT2D eigenvalue weighted by Crippen LogP contribution is 2.39. The van der Waals surface area contributed by atoms with Crippen LogP contribution >= 0.6 is 22.9 Å². The fourth-order valence-corrected chi connectivity index (χ4v) is 3.97. The van der Waals surface area contributed by atoms with Crippen LogP contribution in [0, 0.1) is 13.8 Å². The number of halogens is 1.